The molecule has 4 aromatic rings. The van der Waals surface area contributed by atoms with Gasteiger partial charge in [-0.25, -0.2) is 4.98 Å². The number of anilines is 1. The number of methoxy groups -OCH3 is 1. The van der Waals surface area contributed by atoms with Gasteiger partial charge in [-0.05, 0) is 43.7 Å². The summed E-state index contributed by atoms with van der Waals surface area (Å²) in [4.78, 5) is 23.9. The summed E-state index contributed by atoms with van der Waals surface area (Å²) in [6, 6.07) is 11.3. The molecule has 0 aliphatic rings. The van der Waals surface area contributed by atoms with Crippen LogP contribution in [-0.2, 0) is 6.54 Å². The molecule has 28 heavy (non-hydrogen) atoms. The van der Waals surface area contributed by atoms with Crippen molar-refractivity contribution in [3.63, 3.8) is 0 Å². The van der Waals surface area contributed by atoms with Crippen molar-refractivity contribution in [2.75, 3.05) is 12.0 Å². The van der Waals surface area contributed by atoms with E-state index in [-0.39, 0.29) is 5.91 Å². The highest BCUT2D eigenvalue weighted by Crippen LogP contribution is 2.33. The molecule has 3 heterocycles. The molecular weight excluding hydrogens is 374 g/mol. The van der Waals surface area contributed by atoms with Gasteiger partial charge in [0, 0.05) is 18.5 Å². The fraction of sp³-hybridized carbons (Fsp3) is 0.190. The second-order valence-electron chi connectivity index (χ2n) is 6.41. The van der Waals surface area contributed by atoms with Crippen LogP contribution in [0.25, 0.3) is 10.2 Å². The molecule has 0 spiro atoms. The minimum absolute atomic E-state index is 0.149. The molecule has 0 N–H and O–H groups in total. The predicted octanol–water partition coefficient (Wildman–Crippen LogP) is 4.76. The highest BCUT2D eigenvalue weighted by atomic mass is 32.1. The molecule has 0 saturated heterocycles. The van der Waals surface area contributed by atoms with Crippen LogP contribution in [0.5, 0.6) is 5.75 Å². The molecule has 1 amide bonds. The lowest BCUT2D eigenvalue weighted by atomic mass is 10.2. The van der Waals surface area contributed by atoms with E-state index >= 15 is 0 Å². The number of benzene rings is 1. The van der Waals surface area contributed by atoms with E-state index in [1.54, 1.807) is 37.4 Å². The summed E-state index contributed by atoms with van der Waals surface area (Å²) in [5.74, 6) is 1.89. The van der Waals surface area contributed by atoms with Crippen LogP contribution in [0.2, 0.25) is 0 Å². The van der Waals surface area contributed by atoms with E-state index in [1.807, 2.05) is 37.3 Å². The molecule has 0 fully saturated rings. The number of thiazole rings is 1. The standard InChI is InChI=1S/C21H19N3O3S/c1-13-9-17(14(2)27-13)20(25)24(12-15-5-4-8-22-11-15)21-23-18-10-16(26-3)6-7-19(18)28-21/h4-11H,12H2,1-3H3. The Morgan fingerprint density at radius 2 is 2.11 bits per heavy atom. The maximum atomic E-state index is 13.4. The van der Waals surface area contributed by atoms with E-state index in [9.17, 15) is 4.79 Å². The van der Waals surface area contributed by atoms with Gasteiger partial charge in [-0.15, -0.1) is 0 Å². The van der Waals surface area contributed by atoms with Crippen molar-refractivity contribution in [2.45, 2.75) is 20.4 Å². The molecule has 0 aliphatic heterocycles. The number of carbonyl (C=O) groups is 1. The Morgan fingerprint density at radius 3 is 2.79 bits per heavy atom. The third kappa shape index (κ3) is 3.48. The highest BCUT2D eigenvalue weighted by molar-refractivity contribution is 7.22. The first kappa shape index (κ1) is 18.2. The lowest BCUT2D eigenvalue weighted by Crippen LogP contribution is -2.30. The lowest BCUT2D eigenvalue weighted by Gasteiger charge is -2.19. The largest absolute Gasteiger partial charge is 0.497 e. The number of amides is 1. The smallest absolute Gasteiger partial charge is 0.263 e. The van der Waals surface area contributed by atoms with Crippen LogP contribution in [0.4, 0.5) is 5.13 Å². The monoisotopic (exact) mass is 393 g/mol. The van der Waals surface area contributed by atoms with Crippen LogP contribution < -0.4 is 9.64 Å². The topological polar surface area (TPSA) is 68.5 Å². The summed E-state index contributed by atoms with van der Waals surface area (Å²) < 4.78 is 11.8. The van der Waals surface area contributed by atoms with Gasteiger partial charge in [0.25, 0.3) is 5.91 Å². The van der Waals surface area contributed by atoms with E-state index in [1.165, 1.54) is 11.3 Å². The fourth-order valence-corrected chi connectivity index (χ4v) is 3.97. The normalized spacial score (nSPS) is 11.0. The van der Waals surface area contributed by atoms with Crippen molar-refractivity contribution in [2.24, 2.45) is 0 Å². The van der Waals surface area contributed by atoms with Crippen molar-refractivity contribution in [1.82, 2.24) is 9.97 Å². The Bertz CT molecular complexity index is 1130. The first-order valence-electron chi connectivity index (χ1n) is 8.77. The molecular formula is C21H19N3O3S. The maximum absolute atomic E-state index is 13.4. The van der Waals surface area contributed by atoms with E-state index < -0.39 is 0 Å². The summed E-state index contributed by atoms with van der Waals surface area (Å²) >= 11 is 1.47. The SMILES string of the molecule is COc1ccc2sc(N(Cc3cccnc3)C(=O)c3cc(C)oc3C)nc2c1. The molecule has 142 valence electrons. The quantitative estimate of drug-likeness (QED) is 0.489. The molecule has 0 saturated carbocycles. The summed E-state index contributed by atoms with van der Waals surface area (Å²) in [6.45, 7) is 4.00. The Hall–Kier alpha value is -3.19. The molecule has 0 radical (unpaired) electrons. The Balaban J connectivity index is 1.78. The van der Waals surface area contributed by atoms with Crippen molar-refractivity contribution in [3.05, 3.63) is 71.4 Å². The van der Waals surface area contributed by atoms with Crippen LogP contribution in [0.1, 0.15) is 27.4 Å². The molecule has 6 nitrogen and oxygen atoms in total. The van der Waals surface area contributed by atoms with Crippen molar-refractivity contribution in [3.8, 4) is 5.75 Å². The van der Waals surface area contributed by atoms with E-state index in [0.29, 0.717) is 28.8 Å². The number of furan rings is 1. The minimum Gasteiger partial charge on any atom is -0.497 e. The maximum Gasteiger partial charge on any atom is 0.263 e. The van der Waals surface area contributed by atoms with Gasteiger partial charge in [-0.2, -0.15) is 0 Å². The molecule has 1 aromatic carbocycles. The number of ether oxygens (including phenoxy) is 1. The van der Waals surface area contributed by atoms with Crippen LogP contribution >= 0.6 is 11.3 Å². The molecule has 0 aliphatic carbocycles. The number of hydrogen-bond donors (Lipinski definition) is 0. The highest BCUT2D eigenvalue weighted by Gasteiger charge is 2.25. The molecule has 0 atom stereocenters. The average molecular weight is 393 g/mol. The van der Waals surface area contributed by atoms with Crippen LogP contribution in [0.3, 0.4) is 0 Å². The molecule has 3 aromatic heterocycles. The summed E-state index contributed by atoms with van der Waals surface area (Å²) in [6.07, 6.45) is 3.47. The lowest BCUT2D eigenvalue weighted by molar-refractivity contribution is 0.0983. The zero-order valence-corrected chi connectivity index (χ0v) is 16.6. The van der Waals surface area contributed by atoms with E-state index in [4.69, 9.17) is 14.1 Å². The van der Waals surface area contributed by atoms with Gasteiger partial charge in [0.05, 0.1) is 29.4 Å². The summed E-state index contributed by atoms with van der Waals surface area (Å²) in [5.41, 5.74) is 2.26. The molecule has 0 unspecified atom stereocenters. The van der Waals surface area contributed by atoms with Crippen molar-refractivity contribution < 1.29 is 13.9 Å². The molecule has 0 bridgehead atoms. The predicted molar refractivity (Wildman–Crippen MR) is 109 cm³/mol. The van der Waals surface area contributed by atoms with Gasteiger partial charge in [0.15, 0.2) is 5.13 Å². The zero-order valence-electron chi connectivity index (χ0n) is 15.8. The Labute approximate surface area is 166 Å². The van der Waals surface area contributed by atoms with E-state index in [2.05, 4.69) is 4.98 Å². The second-order valence-corrected chi connectivity index (χ2v) is 7.42. The Morgan fingerprint density at radius 1 is 1.25 bits per heavy atom. The van der Waals surface area contributed by atoms with Crippen molar-refractivity contribution in [1.29, 1.82) is 0 Å². The van der Waals surface area contributed by atoms with Gasteiger partial charge in [0.2, 0.25) is 0 Å². The third-order valence-corrected chi connectivity index (χ3v) is 5.45. The molecule has 4 rings (SSSR count). The molecule has 7 heteroatoms. The van der Waals surface area contributed by atoms with Gasteiger partial charge in [0.1, 0.15) is 17.3 Å². The van der Waals surface area contributed by atoms with Crippen LogP contribution in [0, 0.1) is 13.8 Å². The van der Waals surface area contributed by atoms with Gasteiger partial charge in [-0.1, -0.05) is 17.4 Å². The first-order valence-corrected chi connectivity index (χ1v) is 9.59. The van der Waals surface area contributed by atoms with Crippen LogP contribution in [-0.4, -0.2) is 23.0 Å². The minimum atomic E-state index is -0.149. The van der Waals surface area contributed by atoms with Gasteiger partial charge < -0.3 is 9.15 Å². The summed E-state index contributed by atoms with van der Waals surface area (Å²) in [5, 5.41) is 0.621. The van der Waals surface area contributed by atoms with Crippen LogP contribution in [0.15, 0.2) is 53.2 Å². The third-order valence-electron chi connectivity index (χ3n) is 4.39. The summed E-state index contributed by atoms with van der Waals surface area (Å²) in [7, 11) is 1.62. The number of aromatic nitrogens is 2. The van der Waals surface area contributed by atoms with Gasteiger partial charge in [-0.3, -0.25) is 14.7 Å². The first-order chi connectivity index (χ1) is 13.5. The number of pyridine rings is 1. The number of rotatable bonds is 5. The number of fused-ring (bicyclic) bond motifs is 1. The van der Waals surface area contributed by atoms with Gasteiger partial charge >= 0.3 is 0 Å². The zero-order chi connectivity index (χ0) is 19.7. The fourth-order valence-electron chi connectivity index (χ4n) is 3.03. The number of hydrogen-bond acceptors (Lipinski definition) is 6. The number of carbonyl (C=O) groups excluding carboxylic acids is 1. The number of aryl methyl sites for hydroxylation is 2. The average Bonchev–Trinajstić information content (AvgIpc) is 3.27. The Kier molecular flexibility index (Phi) is 4.83. The van der Waals surface area contributed by atoms with E-state index in [0.717, 1.165) is 21.5 Å². The number of nitrogens with zero attached hydrogens (tertiary/aromatic N) is 3. The second kappa shape index (κ2) is 7.44. The van der Waals surface area contributed by atoms with Crippen molar-refractivity contribution >= 4 is 32.6 Å².